The Morgan fingerprint density at radius 3 is 2.62 bits per heavy atom. The first-order valence-corrected chi connectivity index (χ1v) is 11.0. The monoisotopic (exact) mass is 493 g/mol. The van der Waals surface area contributed by atoms with E-state index in [1.165, 1.54) is 9.78 Å². The van der Waals surface area contributed by atoms with Crippen molar-refractivity contribution in [1.29, 1.82) is 0 Å². The minimum Gasteiger partial charge on any atom is -0.444 e. The highest BCUT2D eigenvalue weighted by Gasteiger charge is 2.16. The molecule has 152 valence electrons. The second-order valence-electron chi connectivity index (χ2n) is 6.60. The van der Waals surface area contributed by atoms with E-state index >= 15 is 0 Å². The van der Waals surface area contributed by atoms with Crippen LogP contribution in [0.5, 0.6) is 0 Å². The van der Waals surface area contributed by atoms with E-state index in [9.17, 15) is 4.79 Å². The summed E-state index contributed by atoms with van der Waals surface area (Å²) in [7, 11) is 3.65. The lowest BCUT2D eigenvalue weighted by molar-refractivity contribution is 0.148. The molecule has 1 amide bonds. The van der Waals surface area contributed by atoms with Crippen molar-refractivity contribution in [3.8, 4) is 0 Å². The van der Waals surface area contributed by atoms with Crippen molar-refractivity contribution in [2.24, 2.45) is 0 Å². The predicted octanol–water partition coefficient (Wildman–Crippen LogP) is 5.96. The molecule has 0 saturated heterocycles. The van der Waals surface area contributed by atoms with Gasteiger partial charge >= 0.3 is 6.09 Å². The van der Waals surface area contributed by atoms with Gasteiger partial charge in [0.2, 0.25) is 0 Å². The summed E-state index contributed by atoms with van der Waals surface area (Å²) in [5.41, 5.74) is 1.64. The minimum absolute atomic E-state index is 0.212. The summed E-state index contributed by atoms with van der Waals surface area (Å²) in [4.78, 5) is 21.7. The highest BCUT2D eigenvalue weighted by atomic mass is 79.9. The molecule has 0 aliphatic carbocycles. The number of aromatic nitrogens is 1. The molecule has 0 bridgehead atoms. The molecule has 3 rings (SSSR count). The number of hydrogen-bond acceptors (Lipinski definition) is 5. The molecule has 0 aliphatic rings. The Morgan fingerprint density at radius 2 is 1.93 bits per heavy atom. The number of carbonyl (C=O) groups is 1. The van der Waals surface area contributed by atoms with E-state index in [1.54, 1.807) is 30.5 Å². The number of benzene rings is 1. The number of carbonyl (C=O) groups excluding carboxylic acids is 1. The van der Waals surface area contributed by atoms with Crippen LogP contribution in [0.1, 0.15) is 16.1 Å². The summed E-state index contributed by atoms with van der Waals surface area (Å²) >= 11 is 11.5. The summed E-state index contributed by atoms with van der Waals surface area (Å²) < 4.78 is 6.46. The molecule has 0 spiro atoms. The number of rotatable bonds is 7. The molecule has 0 unspecified atom stereocenters. The van der Waals surface area contributed by atoms with E-state index in [0.717, 1.165) is 16.6 Å². The van der Waals surface area contributed by atoms with Crippen molar-refractivity contribution in [3.05, 3.63) is 79.5 Å². The van der Waals surface area contributed by atoms with Gasteiger partial charge in [-0.2, -0.15) is 0 Å². The highest BCUT2D eigenvalue weighted by Crippen LogP contribution is 2.24. The van der Waals surface area contributed by atoms with Gasteiger partial charge in [0.05, 0.1) is 10.7 Å². The third kappa shape index (κ3) is 6.27. The smallest absolute Gasteiger partial charge is 0.415 e. The first kappa shape index (κ1) is 21.8. The third-order valence-electron chi connectivity index (χ3n) is 4.19. The molecular formula is C21H21BrClN3O2S. The summed E-state index contributed by atoms with van der Waals surface area (Å²) in [6.45, 7) is 1.56. The van der Waals surface area contributed by atoms with Crippen LogP contribution in [0, 0.1) is 0 Å². The largest absolute Gasteiger partial charge is 0.444 e. The fraction of sp³-hybridized carbons (Fsp3) is 0.238. The van der Waals surface area contributed by atoms with Gasteiger partial charge in [0.25, 0.3) is 0 Å². The van der Waals surface area contributed by atoms with Crippen LogP contribution in [0.2, 0.25) is 5.02 Å². The number of ether oxygens (including phenoxy) is 1. The van der Waals surface area contributed by atoms with Gasteiger partial charge < -0.3 is 4.74 Å². The SMILES string of the molecule is CN(Cc1cc(Br)cs1)Cc1nc(N(C)C(=O)OCc2ccccc2)ccc1Cl. The average Bonchev–Trinajstić information content (AvgIpc) is 3.12. The van der Waals surface area contributed by atoms with Crippen LogP contribution in [0.4, 0.5) is 10.6 Å². The molecule has 0 radical (unpaired) electrons. The molecule has 8 heteroatoms. The van der Waals surface area contributed by atoms with Crippen molar-refractivity contribution in [2.75, 3.05) is 19.0 Å². The Kier molecular flexibility index (Phi) is 7.66. The molecule has 0 fully saturated rings. The van der Waals surface area contributed by atoms with E-state index in [4.69, 9.17) is 16.3 Å². The molecule has 0 atom stereocenters. The van der Waals surface area contributed by atoms with Crippen molar-refractivity contribution in [3.63, 3.8) is 0 Å². The Morgan fingerprint density at radius 1 is 1.17 bits per heavy atom. The average molecular weight is 495 g/mol. The Labute approximate surface area is 188 Å². The minimum atomic E-state index is -0.466. The lowest BCUT2D eigenvalue weighted by Crippen LogP contribution is -2.28. The maximum atomic E-state index is 12.4. The summed E-state index contributed by atoms with van der Waals surface area (Å²) in [5, 5.41) is 2.63. The molecule has 5 nitrogen and oxygen atoms in total. The summed E-state index contributed by atoms with van der Waals surface area (Å²) in [6, 6.07) is 15.1. The normalized spacial score (nSPS) is 10.9. The second-order valence-corrected chi connectivity index (χ2v) is 8.92. The van der Waals surface area contributed by atoms with Gasteiger partial charge in [-0.1, -0.05) is 41.9 Å². The van der Waals surface area contributed by atoms with Gasteiger partial charge in [0.15, 0.2) is 0 Å². The lowest BCUT2D eigenvalue weighted by Gasteiger charge is -2.20. The summed E-state index contributed by atoms with van der Waals surface area (Å²) in [6.07, 6.45) is -0.466. The number of hydrogen-bond donors (Lipinski definition) is 0. The molecular weight excluding hydrogens is 474 g/mol. The van der Waals surface area contributed by atoms with Gasteiger partial charge in [-0.25, -0.2) is 9.78 Å². The van der Waals surface area contributed by atoms with Gasteiger partial charge in [-0.3, -0.25) is 9.80 Å². The van der Waals surface area contributed by atoms with E-state index in [-0.39, 0.29) is 6.61 Å². The lowest BCUT2D eigenvalue weighted by atomic mass is 10.2. The first-order valence-electron chi connectivity index (χ1n) is 8.93. The number of pyridine rings is 1. The molecule has 29 heavy (non-hydrogen) atoms. The standard InChI is InChI=1S/C21H21BrClN3O2S/c1-25(11-17-10-16(22)14-29-17)12-19-18(23)8-9-20(24-19)26(2)21(27)28-13-15-6-4-3-5-7-15/h3-10,14H,11-13H2,1-2H3. The molecule has 0 aliphatic heterocycles. The number of anilines is 1. The van der Waals surface area contributed by atoms with E-state index < -0.39 is 6.09 Å². The fourth-order valence-corrected chi connectivity index (χ4v) is 4.39. The van der Waals surface area contributed by atoms with Crippen molar-refractivity contribution in [2.45, 2.75) is 19.7 Å². The highest BCUT2D eigenvalue weighted by molar-refractivity contribution is 9.10. The Balaban J connectivity index is 1.63. The number of halogens is 2. The summed E-state index contributed by atoms with van der Waals surface area (Å²) in [5.74, 6) is 0.495. The molecule has 2 aromatic heterocycles. The van der Waals surface area contributed by atoms with Crippen molar-refractivity contribution < 1.29 is 9.53 Å². The van der Waals surface area contributed by atoms with Crippen molar-refractivity contribution >= 4 is 50.8 Å². The second kappa shape index (κ2) is 10.2. The van der Waals surface area contributed by atoms with Crippen LogP contribution in [0.25, 0.3) is 0 Å². The molecule has 1 aromatic carbocycles. The third-order valence-corrected chi connectivity index (χ3v) is 6.22. The quantitative estimate of drug-likeness (QED) is 0.406. The number of nitrogens with zero attached hydrogens (tertiary/aromatic N) is 3. The fourth-order valence-electron chi connectivity index (χ4n) is 2.69. The zero-order valence-corrected chi connectivity index (χ0v) is 19.3. The maximum Gasteiger partial charge on any atom is 0.415 e. The number of amides is 1. The topological polar surface area (TPSA) is 45.7 Å². The van der Waals surface area contributed by atoms with E-state index in [2.05, 4.69) is 37.3 Å². The van der Waals surface area contributed by atoms with Gasteiger partial charge in [-0.05, 0) is 46.7 Å². The van der Waals surface area contributed by atoms with Crippen LogP contribution in [-0.4, -0.2) is 30.1 Å². The van der Waals surface area contributed by atoms with E-state index in [1.807, 2.05) is 37.4 Å². The number of thiophene rings is 1. The van der Waals surface area contributed by atoms with Crippen LogP contribution in [-0.2, 0) is 24.4 Å². The predicted molar refractivity (Wildman–Crippen MR) is 121 cm³/mol. The molecule has 0 saturated carbocycles. The van der Waals surface area contributed by atoms with Crippen LogP contribution in [0.15, 0.2) is 58.4 Å². The molecule has 3 aromatic rings. The van der Waals surface area contributed by atoms with Crippen LogP contribution in [0.3, 0.4) is 0 Å². The van der Waals surface area contributed by atoms with E-state index in [0.29, 0.717) is 23.1 Å². The Bertz CT molecular complexity index is 968. The molecule has 2 heterocycles. The van der Waals surface area contributed by atoms with Crippen LogP contribution >= 0.6 is 38.9 Å². The zero-order chi connectivity index (χ0) is 20.8. The van der Waals surface area contributed by atoms with Crippen molar-refractivity contribution in [1.82, 2.24) is 9.88 Å². The van der Waals surface area contributed by atoms with Gasteiger partial charge in [0, 0.05) is 34.9 Å². The maximum absolute atomic E-state index is 12.4. The molecule has 0 N–H and O–H groups in total. The zero-order valence-electron chi connectivity index (χ0n) is 16.1. The van der Waals surface area contributed by atoms with Gasteiger partial charge in [0.1, 0.15) is 12.4 Å². The van der Waals surface area contributed by atoms with Crippen LogP contribution < -0.4 is 4.90 Å². The Hall–Kier alpha value is -1.93. The van der Waals surface area contributed by atoms with Gasteiger partial charge in [-0.15, -0.1) is 11.3 Å². The first-order chi connectivity index (χ1) is 13.9.